The van der Waals surface area contributed by atoms with Gasteiger partial charge in [0.05, 0.1) is 24.0 Å². The van der Waals surface area contributed by atoms with Crippen LogP contribution in [0.1, 0.15) is 18.0 Å². The standard InChI is InChI=1S/C24H23Cl2N5O4S2/c1-36(32,33)14-13-27-24(30-37(34,35)20-11-12-23(26)28-16-20)21-15-22(17-5-3-2-4-6-17)31(29-21)19-9-7-18(25)8-10-19/h2-12,16,22H,13-15H2,1H3,(H,27,30). The van der Waals surface area contributed by atoms with Gasteiger partial charge in [0, 0.05) is 23.9 Å². The lowest BCUT2D eigenvalue weighted by molar-refractivity contribution is 0.592. The van der Waals surface area contributed by atoms with E-state index < -0.39 is 19.9 Å². The SMILES string of the molecule is CS(=O)(=O)CCN=C(NS(=O)(=O)c1ccc(Cl)nc1)C1=NN(c2ccc(Cl)cc2)C(c2ccccc2)C1. The average molecular weight is 581 g/mol. The number of anilines is 1. The number of aliphatic imine (C=N–C) groups is 1. The van der Waals surface area contributed by atoms with Gasteiger partial charge in [-0.1, -0.05) is 53.5 Å². The molecule has 2 aromatic carbocycles. The zero-order valence-electron chi connectivity index (χ0n) is 19.6. The largest absolute Gasteiger partial charge is 0.265 e. The van der Waals surface area contributed by atoms with Gasteiger partial charge in [0.25, 0.3) is 10.0 Å². The number of sulfonamides is 1. The van der Waals surface area contributed by atoms with Crippen LogP contribution in [0.15, 0.2) is 87.9 Å². The molecule has 9 nitrogen and oxygen atoms in total. The van der Waals surface area contributed by atoms with Crippen LogP contribution < -0.4 is 9.73 Å². The Bertz CT molecular complexity index is 1530. The van der Waals surface area contributed by atoms with Crippen LogP contribution in [0.5, 0.6) is 0 Å². The van der Waals surface area contributed by atoms with Crippen LogP contribution in [-0.2, 0) is 19.9 Å². The van der Waals surface area contributed by atoms with E-state index in [0.29, 0.717) is 17.2 Å². The highest BCUT2D eigenvalue weighted by Crippen LogP contribution is 2.36. The summed E-state index contributed by atoms with van der Waals surface area (Å²) in [4.78, 5) is 8.02. The van der Waals surface area contributed by atoms with Crippen LogP contribution in [-0.4, -0.2) is 51.9 Å². The Balaban J connectivity index is 1.74. The van der Waals surface area contributed by atoms with Gasteiger partial charge in [0.15, 0.2) is 5.84 Å². The van der Waals surface area contributed by atoms with Gasteiger partial charge >= 0.3 is 0 Å². The van der Waals surface area contributed by atoms with E-state index in [0.717, 1.165) is 23.7 Å². The Labute approximate surface area is 225 Å². The van der Waals surface area contributed by atoms with Gasteiger partial charge in [-0.15, -0.1) is 0 Å². The Morgan fingerprint density at radius 3 is 2.35 bits per heavy atom. The number of sulfone groups is 1. The van der Waals surface area contributed by atoms with E-state index in [4.69, 9.17) is 28.3 Å². The van der Waals surface area contributed by atoms with Gasteiger partial charge in [-0.25, -0.2) is 21.8 Å². The first kappa shape index (κ1) is 27.1. The van der Waals surface area contributed by atoms with Crippen molar-refractivity contribution in [2.24, 2.45) is 10.1 Å². The lowest BCUT2D eigenvalue weighted by Gasteiger charge is -2.24. The van der Waals surface area contributed by atoms with Crippen LogP contribution in [0.4, 0.5) is 5.69 Å². The normalized spacial score (nSPS) is 16.5. The summed E-state index contributed by atoms with van der Waals surface area (Å²) in [5.41, 5.74) is 2.05. The van der Waals surface area contributed by atoms with Gasteiger partial charge in [0.1, 0.15) is 25.6 Å². The number of pyridine rings is 1. The number of nitrogens with one attached hydrogen (secondary N) is 1. The number of hydrogen-bond donors (Lipinski definition) is 1. The minimum Gasteiger partial charge on any atom is -0.265 e. The molecular formula is C24H23Cl2N5O4S2. The van der Waals surface area contributed by atoms with Crippen LogP contribution in [0, 0.1) is 0 Å². The van der Waals surface area contributed by atoms with E-state index in [1.165, 1.54) is 12.1 Å². The molecule has 13 heteroatoms. The fraction of sp³-hybridized carbons (Fsp3) is 0.208. The summed E-state index contributed by atoms with van der Waals surface area (Å²) in [6.07, 6.45) is 2.53. The maximum absolute atomic E-state index is 13.1. The molecule has 0 spiro atoms. The third-order valence-electron chi connectivity index (χ3n) is 5.43. The summed E-state index contributed by atoms with van der Waals surface area (Å²) in [6.45, 7) is -0.147. The number of hydrazone groups is 1. The Morgan fingerprint density at radius 1 is 1.03 bits per heavy atom. The first-order valence-corrected chi connectivity index (χ1v) is 15.4. The zero-order chi connectivity index (χ0) is 26.6. The number of nitrogens with zero attached hydrogens (tertiary/aromatic N) is 4. The van der Waals surface area contributed by atoms with Crippen LogP contribution in [0.2, 0.25) is 10.2 Å². The molecule has 0 saturated carbocycles. The molecule has 4 rings (SSSR count). The van der Waals surface area contributed by atoms with Crippen molar-refractivity contribution < 1.29 is 16.8 Å². The molecule has 194 valence electrons. The predicted octanol–water partition coefficient (Wildman–Crippen LogP) is 4.12. The molecule has 37 heavy (non-hydrogen) atoms. The number of aromatic nitrogens is 1. The molecular weight excluding hydrogens is 557 g/mol. The first-order valence-electron chi connectivity index (χ1n) is 11.1. The average Bonchev–Trinajstić information content (AvgIpc) is 3.29. The van der Waals surface area contributed by atoms with Crippen molar-refractivity contribution in [1.29, 1.82) is 0 Å². The Morgan fingerprint density at radius 2 is 1.73 bits per heavy atom. The molecule has 0 amide bonds. The molecule has 3 aromatic rings. The fourth-order valence-corrected chi connectivity index (χ4v) is 5.29. The summed E-state index contributed by atoms with van der Waals surface area (Å²) in [5, 5.41) is 7.19. The first-order chi connectivity index (χ1) is 17.5. The van der Waals surface area contributed by atoms with Crippen LogP contribution in [0.3, 0.4) is 0 Å². The van der Waals surface area contributed by atoms with Gasteiger partial charge in [-0.3, -0.25) is 14.7 Å². The van der Waals surface area contributed by atoms with E-state index in [9.17, 15) is 16.8 Å². The second-order valence-corrected chi connectivity index (χ2v) is 13.0. The monoisotopic (exact) mass is 579 g/mol. The zero-order valence-corrected chi connectivity index (χ0v) is 22.8. The number of halogens is 2. The molecule has 1 aromatic heterocycles. The summed E-state index contributed by atoms with van der Waals surface area (Å²) < 4.78 is 52.1. The van der Waals surface area contributed by atoms with Crippen molar-refractivity contribution in [3.63, 3.8) is 0 Å². The van der Waals surface area contributed by atoms with Crippen molar-refractivity contribution in [3.8, 4) is 0 Å². The van der Waals surface area contributed by atoms with Crippen molar-refractivity contribution in [2.45, 2.75) is 17.4 Å². The fourth-order valence-electron chi connectivity index (χ4n) is 3.63. The maximum Gasteiger partial charge on any atom is 0.264 e. The van der Waals surface area contributed by atoms with Gasteiger partial charge < -0.3 is 0 Å². The highest BCUT2D eigenvalue weighted by Gasteiger charge is 2.33. The molecule has 2 heterocycles. The topological polar surface area (TPSA) is 121 Å². The van der Waals surface area contributed by atoms with E-state index in [1.807, 2.05) is 42.5 Å². The van der Waals surface area contributed by atoms with Crippen molar-refractivity contribution in [3.05, 3.63) is 88.7 Å². The van der Waals surface area contributed by atoms with E-state index in [2.05, 4.69) is 14.7 Å². The molecule has 1 aliphatic heterocycles. The van der Waals surface area contributed by atoms with Crippen molar-refractivity contribution in [1.82, 2.24) is 9.71 Å². The molecule has 1 aliphatic rings. The molecule has 0 aliphatic carbocycles. The lowest BCUT2D eigenvalue weighted by Crippen LogP contribution is -2.36. The quantitative estimate of drug-likeness (QED) is 0.243. The summed E-state index contributed by atoms with van der Waals surface area (Å²) in [5.74, 6) is -0.298. The van der Waals surface area contributed by atoms with Crippen molar-refractivity contribution in [2.75, 3.05) is 23.6 Å². The molecule has 1 N–H and O–H groups in total. The molecule has 1 unspecified atom stereocenters. The summed E-state index contributed by atoms with van der Waals surface area (Å²) in [6, 6.07) is 19.1. The van der Waals surface area contributed by atoms with Crippen LogP contribution >= 0.6 is 23.2 Å². The van der Waals surface area contributed by atoms with Gasteiger partial charge in [-0.05, 0) is 42.0 Å². The third-order valence-corrected chi connectivity index (χ3v) is 8.16. The second-order valence-electron chi connectivity index (χ2n) is 8.28. The maximum atomic E-state index is 13.1. The van der Waals surface area contributed by atoms with Gasteiger partial charge in [0.2, 0.25) is 0 Å². The Hall–Kier alpha value is -2.99. The number of rotatable bonds is 8. The van der Waals surface area contributed by atoms with Crippen molar-refractivity contribution >= 4 is 60.3 Å². The number of amidine groups is 1. The third kappa shape index (κ3) is 7.07. The smallest absolute Gasteiger partial charge is 0.264 e. The van der Waals surface area contributed by atoms with Crippen LogP contribution in [0.25, 0.3) is 0 Å². The summed E-state index contributed by atoms with van der Waals surface area (Å²) in [7, 11) is -7.44. The highest BCUT2D eigenvalue weighted by atomic mass is 35.5. The number of benzene rings is 2. The van der Waals surface area contributed by atoms with E-state index >= 15 is 0 Å². The predicted molar refractivity (Wildman–Crippen MR) is 147 cm³/mol. The second kappa shape index (κ2) is 11.2. The van der Waals surface area contributed by atoms with E-state index in [-0.39, 0.29) is 34.2 Å². The number of hydrogen-bond acceptors (Lipinski definition) is 8. The molecule has 1 atom stereocenters. The highest BCUT2D eigenvalue weighted by molar-refractivity contribution is 7.90. The molecule has 0 saturated heterocycles. The van der Waals surface area contributed by atoms with Gasteiger partial charge in [-0.2, -0.15) is 5.10 Å². The molecule has 0 bridgehead atoms. The minimum atomic E-state index is -4.12. The molecule has 0 fully saturated rings. The lowest BCUT2D eigenvalue weighted by atomic mass is 10.0. The van der Waals surface area contributed by atoms with E-state index in [1.54, 1.807) is 17.1 Å². The summed E-state index contributed by atoms with van der Waals surface area (Å²) >= 11 is 11.9. The molecule has 0 radical (unpaired) electrons. The Kier molecular flexibility index (Phi) is 8.17. The minimum absolute atomic E-state index is 0.0454.